The number of aryl methyl sites for hydroxylation is 1. The molecule has 2 aromatic rings. The fraction of sp³-hybridized carbons (Fsp3) is 0.154. The second kappa shape index (κ2) is 5.37. The fourth-order valence-electron chi connectivity index (χ4n) is 1.55. The van der Waals surface area contributed by atoms with Crippen LogP contribution in [0.15, 0.2) is 36.5 Å². The summed E-state index contributed by atoms with van der Waals surface area (Å²) in [6.07, 6.45) is 1.60. The summed E-state index contributed by atoms with van der Waals surface area (Å²) in [6, 6.07) is 9.08. The van der Waals surface area contributed by atoms with Gasteiger partial charge in [-0.2, -0.15) is 5.10 Å². The Bertz CT molecular complexity index is 568. The van der Waals surface area contributed by atoms with Gasteiger partial charge in [0.15, 0.2) is 5.69 Å². The third-order valence-electron chi connectivity index (χ3n) is 2.44. The molecule has 0 atom stereocenters. The number of nitrogens with two attached hydrogens (primary N) is 1. The largest absolute Gasteiger partial charge is 0.326 e. The topological polar surface area (TPSA) is 80.9 Å². The summed E-state index contributed by atoms with van der Waals surface area (Å²) in [7, 11) is 0. The monoisotopic (exact) mass is 242 g/mol. The van der Waals surface area contributed by atoms with E-state index in [1.165, 1.54) is 0 Å². The Balaban J connectivity index is 2.16. The summed E-state index contributed by atoms with van der Waals surface area (Å²) < 4.78 is 0. The van der Waals surface area contributed by atoms with Gasteiger partial charge in [-0.1, -0.05) is 12.1 Å². The molecule has 2 rings (SSSR count). The van der Waals surface area contributed by atoms with Crippen molar-refractivity contribution in [3.05, 3.63) is 53.3 Å². The van der Waals surface area contributed by atoms with Gasteiger partial charge < -0.3 is 11.1 Å². The van der Waals surface area contributed by atoms with Crippen LogP contribution < -0.4 is 11.1 Å². The number of anilines is 1. The van der Waals surface area contributed by atoms with Crippen LogP contribution in [0, 0.1) is 6.92 Å². The molecular formula is C13H14N4O. The zero-order valence-corrected chi connectivity index (χ0v) is 10.1. The molecule has 0 radical (unpaired) electrons. The second-order valence-corrected chi connectivity index (χ2v) is 3.98. The van der Waals surface area contributed by atoms with Gasteiger partial charge in [-0.15, -0.1) is 5.10 Å². The first-order chi connectivity index (χ1) is 8.69. The second-order valence-electron chi connectivity index (χ2n) is 3.98. The summed E-state index contributed by atoms with van der Waals surface area (Å²) in [5.41, 5.74) is 8.40. The van der Waals surface area contributed by atoms with Gasteiger partial charge in [0.1, 0.15) is 0 Å². The van der Waals surface area contributed by atoms with Gasteiger partial charge in [-0.05, 0) is 36.2 Å². The van der Waals surface area contributed by atoms with Crippen molar-refractivity contribution in [2.24, 2.45) is 5.73 Å². The predicted octanol–water partition coefficient (Wildman–Crippen LogP) is 1.50. The Labute approximate surface area is 105 Å². The smallest absolute Gasteiger partial charge is 0.276 e. The van der Waals surface area contributed by atoms with E-state index in [0.29, 0.717) is 17.9 Å². The number of nitrogens with one attached hydrogen (secondary N) is 1. The van der Waals surface area contributed by atoms with Crippen molar-refractivity contribution < 1.29 is 4.79 Å². The van der Waals surface area contributed by atoms with Gasteiger partial charge in [0.2, 0.25) is 0 Å². The minimum absolute atomic E-state index is 0.277. The van der Waals surface area contributed by atoms with Crippen LogP contribution in [0.25, 0.3) is 0 Å². The molecule has 0 aliphatic carbocycles. The third-order valence-corrected chi connectivity index (χ3v) is 2.44. The molecule has 0 spiro atoms. The van der Waals surface area contributed by atoms with Gasteiger partial charge in [0, 0.05) is 12.2 Å². The number of amides is 1. The third kappa shape index (κ3) is 2.89. The summed E-state index contributed by atoms with van der Waals surface area (Å²) in [4.78, 5) is 11.9. The van der Waals surface area contributed by atoms with E-state index < -0.39 is 0 Å². The first kappa shape index (κ1) is 12.2. The van der Waals surface area contributed by atoms with Crippen molar-refractivity contribution in [3.8, 4) is 0 Å². The van der Waals surface area contributed by atoms with Crippen molar-refractivity contribution in [1.82, 2.24) is 10.2 Å². The molecule has 0 aliphatic heterocycles. The van der Waals surface area contributed by atoms with E-state index >= 15 is 0 Å². The summed E-state index contributed by atoms with van der Waals surface area (Å²) in [5.74, 6) is -0.277. The summed E-state index contributed by atoms with van der Waals surface area (Å²) >= 11 is 0. The van der Waals surface area contributed by atoms with Crippen molar-refractivity contribution in [2.75, 3.05) is 5.32 Å². The zero-order valence-electron chi connectivity index (χ0n) is 10.1. The molecule has 0 bridgehead atoms. The Morgan fingerprint density at radius 2 is 2.22 bits per heavy atom. The number of hydrogen-bond donors (Lipinski definition) is 2. The molecule has 92 valence electrons. The molecule has 3 N–H and O–H groups in total. The van der Waals surface area contributed by atoms with E-state index in [2.05, 4.69) is 15.5 Å². The van der Waals surface area contributed by atoms with E-state index in [0.717, 1.165) is 11.1 Å². The molecular weight excluding hydrogens is 228 g/mol. The van der Waals surface area contributed by atoms with E-state index in [-0.39, 0.29) is 5.91 Å². The molecule has 0 fully saturated rings. The molecule has 1 amide bonds. The number of carbonyl (C=O) groups excluding carboxylic acids is 1. The highest BCUT2D eigenvalue weighted by Crippen LogP contribution is 2.11. The maximum atomic E-state index is 11.9. The molecule has 0 saturated heterocycles. The fourth-order valence-corrected chi connectivity index (χ4v) is 1.55. The predicted molar refractivity (Wildman–Crippen MR) is 69.1 cm³/mol. The van der Waals surface area contributed by atoms with Gasteiger partial charge in [0.25, 0.3) is 5.91 Å². The van der Waals surface area contributed by atoms with Crippen molar-refractivity contribution in [1.29, 1.82) is 0 Å². The van der Waals surface area contributed by atoms with Crippen LogP contribution in [0.1, 0.15) is 21.6 Å². The average Bonchev–Trinajstić information content (AvgIpc) is 2.39. The summed E-state index contributed by atoms with van der Waals surface area (Å²) in [5, 5.41) is 10.3. The van der Waals surface area contributed by atoms with Crippen LogP contribution in [0.2, 0.25) is 0 Å². The lowest BCUT2D eigenvalue weighted by molar-refractivity contribution is 0.102. The summed E-state index contributed by atoms with van der Waals surface area (Å²) in [6.45, 7) is 2.30. The molecule has 1 aromatic carbocycles. The Morgan fingerprint density at radius 1 is 1.39 bits per heavy atom. The Hall–Kier alpha value is -2.27. The normalized spacial score (nSPS) is 10.1. The van der Waals surface area contributed by atoms with Gasteiger partial charge in [-0.3, -0.25) is 4.79 Å². The first-order valence-corrected chi connectivity index (χ1v) is 5.59. The molecule has 0 unspecified atom stereocenters. The van der Waals surface area contributed by atoms with Gasteiger partial charge in [-0.25, -0.2) is 0 Å². The van der Waals surface area contributed by atoms with Crippen LogP contribution in [0.5, 0.6) is 0 Å². The van der Waals surface area contributed by atoms with E-state index in [1.54, 1.807) is 18.3 Å². The zero-order chi connectivity index (χ0) is 13.0. The van der Waals surface area contributed by atoms with Crippen molar-refractivity contribution in [3.63, 3.8) is 0 Å². The number of nitrogens with zero attached hydrogens (tertiary/aromatic N) is 2. The SMILES string of the molecule is Cc1cnnc(C(=O)Nc2cccc(CN)c2)c1. The lowest BCUT2D eigenvalue weighted by Crippen LogP contribution is -2.14. The Morgan fingerprint density at radius 3 is 2.94 bits per heavy atom. The van der Waals surface area contributed by atoms with Gasteiger partial charge in [0.05, 0.1) is 6.20 Å². The molecule has 5 nitrogen and oxygen atoms in total. The minimum atomic E-state index is -0.277. The molecule has 1 aromatic heterocycles. The van der Waals surface area contributed by atoms with Crippen LogP contribution in [0.3, 0.4) is 0 Å². The number of aromatic nitrogens is 2. The average molecular weight is 242 g/mol. The van der Waals surface area contributed by atoms with Gasteiger partial charge >= 0.3 is 0 Å². The number of hydrogen-bond acceptors (Lipinski definition) is 4. The highest BCUT2D eigenvalue weighted by molar-refractivity contribution is 6.02. The van der Waals surface area contributed by atoms with Crippen molar-refractivity contribution in [2.45, 2.75) is 13.5 Å². The number of rotatable bonds is 3. The quantitative estimate of drug-likeness (QED) is 0.854. The van der Waals surface area contributed by atoms with Crippen LogP contribution >= 0.6 is 0 Å². The van der Waals surface area contributed by atoms with Crippen LogP contribution in [-0.4, -0.2) is 16.1 Å². The first-order valence-electron chi connectivity index (χ1n) is 5.59. The number of benzene rings is 1. The van der Waals surface area contributed by atoms with Crippen molar-refractivity contribution >= 4 is 11.6 Å². The lowest BCUT2D eigenvalue weighted by Gasteiger charge is -2.06. The van der Waals surface area contributed by atoms with E-state index in [9.17, 15) is 4.79 Å². The molecule has 1 heterocycles. The van der Waals surface area contributed by atoms with E-state index in [4.69, 9.17) is 5.73 Å². The molecule has 0 aliphatic rings. The maximum Gasteiger partial charge on any atom is 0.276 e. The number of carbonyl (C=O) groups is 1. The molecule has 18 heavy (non-hydrogen) atoms. The standard InChI is InChI=1S/C13H14N4O/c1-9-5-12(17-15-8-9)13(18)16-11-4-2-3-10(6-11)7-14/h2-6,8H,7,14H2,1H3,(H,16,18). The maximum absolute atomic E-state index is 11.9. The van der Waals surface area contributed by atoms with Crippen LogP contribution in [0.4, 0.5) is 5.69 Å². The highest BCUT2D eigenvalue weighted by atomic mass is 16.1. The van der Waals surface area contributed by atoms with Crippen LogP contribution in [-0.2, 0) is 6.54 Å². The highest BCUT2D eigenvalue weighted by Gasteiger charge is 2.08. The molecule has 5 heteroatoms. The Kier molecular flexibility index (Phi) is 3.64. The molecule has 0 saturated carbocycles. The minimum Gasteiger partial charge on any atom is -0.326 e. The van der Waals surface area contributed by atoms with E-state index in [1.807, 2.05) is 25.1 Å². The lowest BCUT2D eigenvalue weighted by atomic mass is 10.2.